The van der Waals surface area contributed by atoms with E-state index >= 15 is 0 Å². The van der Waals surface area contributed by atoms with Crippen molar-refractivity contribution in [3.63, 3.8) is 0 Å². The predicted molar refractivity (Wildman–Crippen MR) is 160 cm³/mol. The number of anilines is 2. The van der Waals surface area contributed by atoms with E-state index in [4.69, 9.17) is 15.2 Å². The first kappa shape index (κ1) is 29.4. The lowest BCUT2D eigenvalue weighted by molar-refractivity contribution is -0.111. The maximum absolute atomic E-state index is 12.9. The van der Waals surface area contributed by atoms with Crippen LogP contribution in [0.1, 0.15) is 34.9 Å². The molecule has 0 unspecified atom stereocenters. The van der Waals surface area contributed by atoms with Crippen molar-refractivity contribution in [2.75, 3.05) is 11.1 Å². The number of nitrogen functional groups attached to an aromatic ring is 1. The number of carbonyl (C=O) groups excluding carboxylic acids is 3. The molecule has 4 aromatic carbocycles. The molecule has 0 aliphatic rings. The number of imide groups is 1. The molecule has 0 fully saturated rings. The first-order valence-corrected chi connectivity index (χ1v) is 13.3. The van der Waals surface area contributed by atoms with Gasteiger partial charge in [-0.3, -0.25) is 14.9 Å². The molecular weight excluding hydrogens is 534 g/mol. The summed E-state index contributed by atoms with van der Waals surface area (Å²) >= 11 is 0. The molecule has 0 spiro atoms. The lowest BCUT2D eigenvalue weighted by Gasteiger charge is -2.28. The van der Waals surface area contributed by atoms with E-state index in [1.165, 1.54) is 18.2 Å². The zero-order valence-electron chi connectivity index (χ0n) is 22.7. The van der Waals surface area contributed by atoms with E-state index in [2.05, 4.69) is 10.6 Å². The number of nitrogens with two attached hydrogens (primary N) is 1. The molecule has 0 aromatic heterocycles. The highest BCUT2D eigenvalue weighted by Crippen LogP contribution is 2.30. The van der Waals surface area contributed by atoms with Gasteiger partial charge in [0.05, 0.1) is 11.4 Å². The molecule has 4 aromatic rings. The standard InChI is InChI=1S/C33H31N3O6/c34-27-15-7-8-16-28(27)35-30(38)18-10-9-17-29(41-26-13-5-2-6-14-26)31(23-19-21-25(37)22-20-23)42-33(40)36-32(39)24-11-3-1-4-12-24/h1-8,10-16,18-22,29,31,37H,9,17,34H2,(H,35,38)(H,36,39,40)/b18-10+/t29-,31-/m1/s1. The molecule has 0 heterocycles. The second kappa shape index (κ2) is 14.7. The van der Waals surface area contributed by atoms with Crippen LogP contribution >= 0.6 is 0 Å². The Bertz CT molecular complexity index is 1510. The first-order chi connectivity index (χ1) is 20.4. The number of amides is 3. The summed E-state index contributed by atoms with van der Waals surface area (Å²) < 4.78 is 12.0. The normalized spacial score (nSPS) is 12.2. The molecule has 4 rings (SSSR count). The first-order valence-electron chi connectivity index (χ1n) is 13.3. The van der Waals surface area contributed by atoms with Crippen LogP contribution in [-0.2, 0) is 9.53 Å². The summed E-state index contributed by atoms with van der Waals surface area (Å²) in [7, 11) is 0. The quantitative estimate of drug-likeness (QED) is 0.129. The highest BCUT2D eigenvalue weighted by molar-refractivity contribution is 6.03. The van der Waals surface area contributed by atoms with Crippen molar-refractivity contribution >= 4 is 29.3 Å². The number of benzene rings is 4. The zero-order valence-corrected chi connectivity index (χ0v) is 22.7. The van der Waals surface area contributed by atoms with Crippen LogP contribution in [0.4, 0.5) is 16.2 Å². The smallest absolute Gasteiger partial charge is 0.414 e. The molecule has 0 bridgehead atoms. The average molecular weight is 566 g/mol. The van der Waals surface area contributed by atoms with Gasteiger partial charge in [0.15, 0.2) is 6.10 Å². The molecule has 9 nitrogen and oxygen atoms in total. The number of aromatic hydroxyl groups is 1. The molecule has 0 aliphatic heterocycles. The number of ether oxygens (including phenoxy) is 2. The lowest BCUT2D eigenvalue weighted by atomic mass is 10.00. The van der Waals surface area contributed by atoms with Crippen LogP contribution < -0.4 is 21.1 Å². The van der Waals surface area contributed by atoms with Gasteiger partial charge in [-0.1, -0.05) is 66.7 Å². The maximum Gasteiger partial charge on any atom is 0.414 e. The number of para-hydroxylation sites is 3. The Balaban J connectivity index is 1.51. The fraction of sp³-hybridized carbons (Fsp3) is 0.121. The van der Waals surface area contributed by atoms with Gasteiger partial charge in [-0.25, -0.2) is 4.79 Å². The summed E-state index contributed by atoms with van der Waals surface area (Å²) in [6.45, 7) is 0. The van der Waals surface area contributed by atoms with E-state index in [1.807, 2.05) is 18.2 Å². The second-order valence-electron chi connectivity index (χ2n) is 9.26. The fourth-order valence-corrected chi connectivity index (χ4v) is 4.10. The Labute approximate surface area is 243 Å². The number of phenols is 1. The summed E-state index contributed by atoms with van der Waals surface area (Å²) in [5.74, 6) is -0.385. The summed E-state index contributed by atoms with van der Waals surface area (Å²) in [5, 5.41) is 14.8. The maximum atomic E-state index is 12.9. The van der Waals surface area contributed by atoms with Crippen LogP contribution in [0.2, 0.25) is 0 Å². The van der Waals surface area contributed by atoms with Crippen LogP contribution in [0.5, 0.6) is 11.5 Å². The minimum Gasteiger partial charge on any atom is -0.508 e. The van der Waals surface area contributed by atoms with Gasteiger partial charge in [-0.15, -0.1) is 0 Å². The van der Waals surface area contributed by atoms with Crippen molar-refractivity contribution in [3.05, 3.63) is 132 Å². The van der Waals surface area contributed by atoms with Crippen LogP contribution in [0.3, 0.4) is 0 Å². The van der Waals surface area contributed by atoms with Crippen molar-refractivity contribution in [1.82, 2.24) is 5.32 Å². The lowest BCUT2D eigenvalue weighted by Crippen LogP contribution is -2.36. The van der Waals surface area contributed by atoms with Gasteiger partial charge in [0, 0.05) is 5.56 Å². The Morgan fingerprint density at radius 2 is 1.48 bits per heavy atom. The van der Waals surface area contributed by atoms with E-state index < -0.39 is 24.2 Å². The number of hydrogen-bond acceptors (Lipinski definition) is 7. The van der Waals surface area contributed by atoms with Crippen molar-refractivity contribution in [2.45, 2.75) is 25.0 Å². The number of carbonyl (C=O) groups is 3. The minimum absolute atomic E-state index is 0.0368. The molecule has 42 heavy (non-hydrogen) atoms. The van der Waals surface area contributed by atoms with Crippen molar-refractivity contribution < 1.29 is 29.0 Å². The molecular formula is C33H31N3O6. The SMILES string of the molecule is Nc1ccccc1NC(=O)/C=C/CC[C@@H](Oc1ccccc1)[C@H](OC(=O)NC(=O)c1ccccc1)c1ccc(O)cc1. The molecule has 3 amide bonds. The molecule has 0 saturated heterocycles. The molecule has 0 saturated carbocycles. The highest BCUT2D eigenvalue weighted by Gasteiger charge is 2.29. The second-order valence-corrected chi connectivity index (χ2v) is 9.26. The molecule has 2 atom stereocenters. The number of alkyl carbamates (subject to hydrolysis) is 1. The molecule has 5 N–H and O–H groups in total. The van der Waals surface area contributed by atoms with Gasteiger partial charge in [0.2, 0.25) is 5.91 Å². The Morgan fingerprint density at radius 3 is 2.17 bits per heavy atom. The summed E-state index contributed by atoms with van der Waals surface area (Å²) in [5.41, 5.74) is 7.70. The third-order valence-corrected chi connectivity index (χ3v) is 6.18. The fourth-order valence-electron chi connectivity index (χ4n) is 4.10. The van der Waals surface area contributed by atoms with Gasteiger partial charge in [0.1, 0.15) is 17.6 Å². The number of hydrogen-bond donors (Lipinski definition) is 4. The molecule has 9 heteroatoms. The number of rotatable bonds is 11. The van der Waals surface area contributed by atoms with Gasteiger partial charge in [-0.05, 0) is 73.0 Å². The minimum atomic E-state index is -0.972. The Kier molecular flexibility index (Phi) is 10.3. The molecule has 214 valence electrons. The van der Waals surface area contributed by atoms with Crippen molar-refractivity contribution in [3.8, 4) is 11.5 Å². The van der Waals surface area contributed by atoms with Gasteiger partial charge in [0.25, 0.3) is 5.91 Å². The van der Waals surface area contributed by atoms with E-state index in [0.717, 1.165) is 0 Å². The number of allylic oxidation sites excluding steroid dienone is 1. The topological polar surface area (TPSA) is 140 Å². The van der Waals surface area contributed by atoms with E-state index in [-0.39, 0.29) is 11.7 Å². The summed E-state index contributed by atoms with van der Waals surface area (Å²) in [6, 6.07) is 30.4. The van der Waals surface area contributed by atoms with E-state index in [1.54, 1.807) is 84.9 Å². The van der Waals surface area contributed by atoms with E-state index in [0.29, 0.717) is 41.1 Å². The zero-order chi connectivity index (χ0) is 29.7. The van der Waals surface area contributed by atoms with Gasteiger partial charge >= 0.3 is 6.09 Å². The largest absolute Gasteiger partial charge is 0.508 e. The van der Waals surface area contributed by atoms with Crippen LogP contribution in [0.15, 0.2) is 121 Å². The van der Waals surface area contributed by atoms with Gasteiger partial charge in [-0.2, -0.15) is 0 Å². The molecule has 0 aliphatic carbocycles. The van der Waals surface area contributed by atoms with Crippen molar-refractivity contribution in [1.29, 1.82) is 0 Å². The van der Waals surface area contributed by atoms with Gasteiger partial charge < -0.3 is 25.6 Å². The Hall–Kier alpha value is -5.57. The monoisotopic (exact) mass is 565 g/mol. The molecule has 0 radical (unpaired) electrons. The third kappa shape index (κ3) is 8.72. The van der Waals surface area contributed by atoms with Crippen LogP contribution in [0.25, 0.3) is 0 Å². The highest BCUT2D eigenvalue weighted by atomic mass is 16.6. The van der Waals surface area contributed by atoms with Crippen molar-refractivity contribution in [2.24, 2.45) is 0 Å². The average Bonchev–Trinajstić information content (AvgIpc) is 3.00. The Morgan fingerprint density at radius 1 is 0.833 bits per heavy atom. The number of phenolic OH excluding ortho intramolecular Hbond substituents is 1. The van der Waals surface area contributed by atoms with Crippen LogP contribution in [0, 0.1) is 0 Å². The summed E-state index contributed by atoms with van der Waals surface area (Å²) in [6.07, 6.45) is 1.14. The predicted octanol–water partition coefficient (Wildman–Crippen LogP) is 6.00. The number of nitrogens with one attached hydrogen (secondary N) is 2. The summed E-state index contributed by atoms with van der Waals surface area (Å²) in [4.78, 5) is 37.9. The van der Waals surface area contributed by atoms with Crippen LogP contribution in [-0.4, -0.2) is 29.1 Å². The van der Waals surface area contributed by atoms with E-state index in [9.17, 15) is 19.5 Å². The third-order valence-electron chi connectivity index (χ3n) is 6.18.